The van der Waals surface area contributed by atoms with E-state index in [2.05, 4.69) is 14.8 Å². The van der Waals surface area contributed by atoms with Gasteiger partial charge < -0.3 is 20.4 Å². The molecule has 4 aromatic rings. The molecular weight excluding hydrogens is 490 g/mol. The fourth-order valence-corrected chi connectivity index (χ4v) is 4.49. The van der Waals surface area contributed by atoms with Crippen molar-refractivity contribution in [3.8, 4) is 0 Å². The second-order valence-electron chi connectivity index (χ2n) is 8.65. The summed E-state index contributed by atoms with van der Waals surface area (Å²) in [5.74, 6) is -4.50. The molecule has 5 rings (SSSR count). The van der Waals surface area contributed by atoms with Gasteiger partial charge in [-0.05, 0) is 37.3 Å². The van der Waals surface area contributed by atoms with E-state index in [1.165, 1.54) is 12.1 Å². The van der Waals surface area contributed by atoms with E-state index in [1.807, 2.05) is 6.92 Å². The van der Waals surface area contributed by atoms with Crippen LogP contribution in [-0.2, 0) is 24.4 Å². The number of halogens is 4. The van der Waals surface area contributed by atoms with E-state index in [-0.39, 0.29) is 29.9 Å². The average Bonchev–Trinajstić information content (AvgIpc) is 3.45. The summed E-state index contributed by atoms with van der Waals surface area (Å²) in [5.41, 5.74) is 7.12. The van der Waals surface area contributed by atoms with E-state index in [9.17, 15) is 22.4 Å². The van der Waals surface area contributed by atoms with E-state index < -0.39 is 53.4 Å². The first-order valence-corrected chi connectivity index (χ1v) is 11.2. The molecular formula is C26H19F4N5O2. The number of carbonyl (C=O) groups is 1. The summed E-state index contributed by atoms with van der Waals surface area (Å²) in [6.45, 7) is 7.75. The van der Waals surface area contributed by atoms with Gasteiger partial charge in [0.25, 0.3) is 5.91 Å². The lowest BCUT2D eigenvalue weighted by Crippen LogP contribution is -2.32. The quantitative estimate of drug-likeness (QED) is 0.267. The van der Waals surface area contributed by atoms with Crippen LogP contribution in [0.1, 0.15) is 45.8 Å². The number of carbonyl (C=O) groups excluding carboxylic acids is 1. The number of pyridine rings is 1. The fourth-order valence-electron chi connectivity index (χ4n) is 4.49. The summed E-state index contributed by atoms with van der Waals surface area (Å²) in [5, 5.41) is 0. The standard InChI is InChI=1S/C26H19F4N5O2/c1-12-23-16(11-37-12)24-21(34-25(23)31)8-22(33-24)26(36)35(9-14-17(27)4-3-5-18(14)28)10-15-19(29)6-13(32-2)7-20(15)30/h3-8,12,33H,9-11H2,1H3,(H2,31,34)/t12-/m1/s1. The van der Waals surface area contributed by atoms with Gasteiger partial charge >= 0.3 is 0 Å². The highest BCUT2D eigenvalue weighted by Crippen LogP contribution is 2.38. The molecule has 3 N–H and O–H groups in total. The summed E-state index contributed by atoms with van der Waals surface area (Å²) in [7, 11) is 0. The molecule has 0 fully saturated rings. The Labute approximate surface area is 208 Å². The monoisotopic (exact) mass is 509 g/mol. The minimum absolute atomic E-state index is 0.0230. The van der Waals surface area contributed by atoms with Gasteiger partial charge in [0.05, 0.1) is 43.4 Å². The van der Waals surface area contributed by atoms with Gasteiger partial charge in [-0.15, -0.1) is 0 Å². The van der Waals surface area contributed by atoms with Crippen LogP contribution in [0.5, 0.6) is 0 Å². The van der Waals surface area contributed by atoms with E-state index in [4.69, 9.17) is 17.0 Å². The summed E-state index contributed by atoms with van der Waals surface area (Å²) in [4.78, 5) is 24.8. The topological polar surface area (TPSA) is 88.6 Å². The molecule has 7 nitrogen and oxygen atoms in total. The molecule has 1 atom stereocenters. The Hall–Kier alpha value is -4.43. The lowest BCUT2D eigenvalue weighted by molar-refractivity contribution is 0.0717. The second kappa shape index (κ2) is 9.22. The number of nitrogens with two attached hydrogens (primary N) is 1. The van der Waals surface area contributed by atoms with Crippen LogP contribution in [0.15, 0.2) is 36.4 Å². The van der Waals surface area contributed by atoms with Crippen molar-refractivity contribution in [2.45, 2.75) is 32.7 Å². The predicted molar refractivity (Wildman–Crippen MR) is 126 cm³/mol. The number of anilines is 1. The molecule has 3 heterocycles. The van der Waals surface area contributed by atoms with E-state index in [0.29, 0.717) is 16.6 Å². The molecule has 37 heavy (non-hydrogen) atoms. The number of benzene rings is 2. The van der Waals surface area contributed by atoms with Gasteiger partial charge in [0.1, 0.15) is 34.8 Å². The number of fused-ring (bicyclic) bond motifs is 3. The van der Waals surface area contributed by atoms with Crippen molar-refractivity contribution >= 4 is 28.4 Å². The molecule has 0 radical (unpaired) electrons. The maximum absolute atomic E-state index is 14.7. The predicted octanol–water partition coefficient (Wildman–Crippen LogP) is 5.69. The van der Waals surface area contributed by atoms with Crippen molar-refractivity contribution in [2.75, 3.05) is 5.73 Å². The third-order valence-electron chi connectivity index (χ3n) is 6.36. The van der Waals surface area contributed by atoms with Crippen LogP contribution in [0.2, 0.25) is 0 Å². The number of ether oxygens (including phenoxy) is 1. The summed E-state index contributed by atoms with van der Waals surface area (Å²) < 4.78 is 64.0. The molecule has 0 aliphatic carbocycles. The summed E-state index contributed by atoms with van der Waals surface area (Å²) in [6.07, 6.45) is -0.292. The number of rotatable bonds is 5. The molecule has 0 unspecified atom stereocenters. The Morgan fingerprint density at radius 2 is 1.76 bits per heavy atom. The number of amides is 1. The highest BCUT2D eigenvalue weighted by Gasteiger charge is 2.29. The first kappa shape index (κ1) is 24.3. The summed E-state index contributed by atoms with van der Waals surface area (Å²) >= 11 is 0. The van der Waals surface area contributed by atoms with Crippen LogP contribution in [0, 0.1) is 29.8 Å². The highest BCUT2D eigenvalue weighted by molar-refractivity contribution is 5.98. The lowest BCUT2D eigenvalue weighted by Gasteiger charge is -2.23. The second-order valence-corrected chi connectivity index (χ2v) is 8.65. The molecule has 0 spiro atoms. The molecule has 0 saturated heterocycles. The maximum Gasteiger partial charge on any atom is 0.270 e. The third-order valence-corrected chi connectivity index (χ3v) is 6.36. The van der Waals surface area contributed by atoms with Crippen molar-refractivity contribution in [1.29, 1.82) is 0 Å². The van der Waals surface area contributed by atoms with Crippen LogP contribution < -0.4 is 5.73 Å². The van der Waals surface area contributed by atoms with Gasteiger partial charge in [0, 0.05) is 22.3 Å². The number of H-pyrrole nitrogens is 1. The Morgan fingerprint density at radius 3 is 2.38 bits per heavy atom. The van der Waals surface area contributed by atoms with Crippen LogP contribution in [0.4, 0.5) is 29.1 Å². The van der Waals surface area contributed by atoms with E-state index >= 15 is 0 Å². The first-order chi connectivity index (χ1) is 17.7. The molecule has 188 valence electrons. The van der Waals surface area contributed by atoms with Crippen molar-refractivity contribution < 1.29 is 27.1 Å². The minimum Gasteiger partial charge on any atom is -0.383 e. The van der Waals surface area contributed by atoms with Gasteiger partial charge in [-0.25, -0.2) is 27.4 Å². The molecule has 0 bridgehead atoms. The van der Waals surface area contributed by atoms with Crippen LogP contribution in [-0.4, -0.2) is 20.8 Å². The number of nitrogen functional groups attached to an aromatic ring is 1. The molecule has 1 aliphatic rings. The van der Waals surface area contributed by atoms with Crippen molar-refractivity contribution in [3.05, 3.63) is 99.0 Å². The zero-order valence-corrected chi connectivity index (χ0v) is 19.4. The smallest absolute Gasteiger partial charge is 0.270 e. The summed E-state index contributed by atoms with van der Waals surface area (Å²) in [6, 6.07) is 6.28. The zero-order valence-electron chi connectivity index (χ0n) is 19.4. The van der Waals surface area contributed by atoms with Gasteiger partial charge in [0.2, 0.25) is 0 Å². The van der Waals surface area contributed by atoms with Gasteiger partial charge in [0.15, 0.2) is 5.69 Å². The fraction of sp³-hybridized carbons (Fsp3) is 0.192. The van der Waals surface area contributed by atoms with Crippen LogP contribution in [0.25, 0.3) is 15.9 Å². The van der Waals surface area contributed by atoms with Crippen molar-refractivity contribution in [1.82, 2.24) is 14.9 Å². The van der Waals surface area contributed by atoms with Gasteiger partial charge in [-0.1, -0.05) is 6.07 Å². The van der Waals surface area contributed by atoms with Crippen LogP contribution >= 0.6 is 0 Å². The van der Waals surface area contributed by atoms with Crippen molar-refractivity contribution in [3.63, 3.8) is 0 Å². The number of aromatic nitrogens is 2. The molecule has 2 aromatic carbocycles. The third kappa shape index (κ3) is 4.25. The molecule has 1 amide bonds. The Kier molecular flexibility index (Phi) is 6.05. The Bertz CT molecular complexity index is 1570. The number of nitrogens with one attached hydrogen (secondary N) is 1. The highest BCUT2D eigenvalue weighted by atomic mass is 19.1. The first-order valence-electron chi connectivity index (χ1n) is 11.2. The van der Waals surface area contributed by atoms with Crippen LogP contribution in [0.3, 0.4) is 0 Å². The maximum atomic E-state index is 14.7. The SMILES string of the molecule is [C-]#[N+]c1cc(F)c(CN(Cc2c(F)cccc2F)C(=O)c2cc3nc(N)c4c(c3[nH]2)CO[C@@H]4C)c(F)c1. The molecule has 1 aliphatic heterocycles. The van der Waals surface area contributed by atoms with Gasteiger partial charge in [-0.2, -0.15) is 0 Å². The van der Waals surface area contributed by atoms with Gasteiger partial charge in [-0.3, -0.25) is 4.79 Å². The minimum atomic E-state index is -1.06. The lowest BCUT2D eigenvalue weighted by atomic mass is 10.1. The number of aromatic amines is 1. The number of nitrogens with zero attached hydrogens (tertiary/aromatic N) is 3. The zero-order chi connectivity index (χ0) is 26.4. The number of hydrogen-bond donors (Lipinski definition) is 2. The Morgan fingerprint density at radius 1 is 1.14 bits per heavy atom. The van der Waals surface area contributed by atoms with Crippen molar-refractivity contribution in [2.24, 2.45) is 0 Å². The van der Waals surface area contributed by atoms with E-state index in [0.717, 1.165) is 34.7 Å². The molecule has 0 saturated carbocycles. The Balaban J connectivity index is 1.58. The molecule has 11 heteroatoms. The number of hydrogen-bond acceptors (Lipinski definition) is 4. The van der Waals surface area contributed by atoms with E-state index in [1.54, 1.807) is 0 Å². The molecule has 2 aromatic heterocycles. The average molecular weight is 509 g/mol. The largest absolute Gasteiger partial charge is 0.383 e. The normalized spacial score (nSPS) is 14.5.